The van der Waals surface area contributed by atoms with Crippen LogP contribution in [-0.4, -0.2) is 45.7 Å². The zero-order chi connectivity index (χ0) is 20.1. The average Bonchev–Trinajstić information content (AvgIpc) is 3.40. The molecule has 2 aromatic heterocycles. The van der Waals surface area contributed by atoms with Crippen molar-refractivity contribution in [3.8, 4) is 5.75 Å². The van der Waals surface area contributed by atoms with Gasteiger partial charge in [0, 0.05) is 42.1 Å². The zero-order valence-electron chi connectivity index (χ0n) is 17.5. The molecule has 3 aromatic rings. The maximum absolute atomic E-state index is 5.96. The maximum Gasteiger partial charge on any atom is 0.229 e. The molecule has 6 heteroatoms. The van der Waals surface area contributed by atoms with Crippen LogP contribution in [0.15, 0.2) is 42.7 Å². The molecule has 0 amide bonds. The molecule has 1 aromatic carbocycles. The van der Waals surface area contributed by atoms with Crippen LogP contribution < -0.4 is 10.1 Å². The molecule has 4 rings (SSSR count). The van der Waals surface area contributed by atoms with Crippen LogP contribution in [-0.2, 0) is 0 Å². The smallest absolute Gasteiger partial charge is 0.229 e. The predicted octanol–water partition coefficient (Wildman–Crippen LogP) is 5.01. The standard InChI is InChI=1S/C23H31N5O/c1-3-20(4-2)28-13-10-18-17-24-23(26-22(18)28)25-19-8-7-9-21(16-19)29-15-14-27-11-5-6-12-27/h7-10,13,16-17,20H,3-6,11-12,14-15H2,1-2H3,(H,24,25,26). The fourth-order valence-corrected chi connectivity index (χ4v) is 4.07. The summed E-state index contributed by atoms with van der Waals surface area (Å²) in [5.41, 5.74) is 1.91. The van der Waals surface area contributed by atoms with E-state index in [2.05, 4.69) is 45.9 Å². The predicted molar refractivity (Wildman–Crippen MR) is 118 cm³/mol. The lowest BCUT2D eigenvalue weighted by molar-refractivity contribution is 0.238. The van der Waals surface area contributed by atoms with Crippen LogP contribution in [0.5, 0.6) is 5.75 Å². The first-order valence-electron chi connectivity index (χ1n) is 10.8. The van der Waals surface area contributed by atoms with Crippen LogP contribution in [0.3, 0.4) is 0 Å². The summed E-state index contributed by atoms with van der Waals surface area (Å²) < 4.78 is 8.22. The highest BCUT2D eigenvalue weighted by atomic mass is 16.5. The highest BCUT2D eigenvalue weighted by Crippen LogP contribution is 2.25. The van der Waals surface area contributed by atoms with Crippen molar-refractivity contribution >= 4 is 22.7 Å². The number of likely N-dealkylation sites (tertiary alicyclic amines) is 1. The molecule has 0 unspecified atom stereocenters. The number of benzene rings is 1. The minimum absolute atomic E-state index is 0.461. The number of ether oxygens (including phenoxy) is 1. The second-order valence-corrected chi connectivity index (χ2v) is 7.72. The molecule has 3 heterocycles. The molecule has 0 aliphatic carbocycles. The number of hydrogen-bond acceptors (Lipinski definition) is 5. The van der Waals surface area contributed by atoms with Crippen LogP contribution in [0.4, 0.5) is 11.6 Å². The van der Waals surface area contributed by atoms with Gasteiger partial charge in [-0.05, 0) is 57.0 Å². The highest BCUT2D eigenvalue weighted by molar-refractivity contribution is 5.77. The normalized spacial score (nSPS) is 14.7. The van der Waals surface area contributed by atoms with Gasteiger partial charge in [-0.2, -0.15) is 4.98 Å². The minimum Gasteiger partial charge on any atom is -0.492 e. The number of rotatable bonds is 9. The largest absolute Gasteiger partial charge is 0.492 e. The molecule has 0 saturated carbocycles. The average molecular weight is 394 g/mol. The SMILES string of the molecule is CCC(CC)n1ccc2cnc(Nc3cccc(OCCN4CCCC4)c3)nc21. The quantitative estimate of drug-likeness (QED) is 0.554. The Balaban J connectivity index is 1.44. The van der Waals surface area contributed by atoms with Gasteiger partial charge >= 0.3 is 0 Å². The summed E-state index contributed by atoms with van der Waals surface area (Å²) in [6.07, 6.45) is 8.80. The number of nitrogens with zero attached hydrogens (tertiary/aromatic N) is 4. The second kappa shape index (κ2) is 9.27. The third-order valence-electron chi connectivity index (χ3n) is 5.76. The van der Waals surface area contributed by atoms with E-state index in [0.717, 1.165) is 48.5 Å². The summed E-state index contributed by atoms with van der Waals surface area (Å²) in [5, 5.41) is 4.40. The van der Waals surface area contributed by atoms with E-state index in [-0.39, 0.29) is 0 Å². The molecule has 1 aliphatic heterocycles. The monoisotopic (exact) mass is 393 g/mol. The molecule has 1 N–H and O–H groups in total. The van der Waals surface area contributed by atoms with Crippen molar-refractivity contribution < 1.29 is 4.74 Å². The van der Waals surface area contributed by atoms with Crippen molar-refractivity contribution in [2.45, 2.75) is 45.6 Å². The molecular weight excluding hydrogens is 362 g/mol. The highest BCUT2D eigenvalue weighted by Gasteiger charge is 2.13. The van der Waals surface area contributed by atoms with Gasteiger partial charge in [-0.15, -0.1) is 0 Å². The first kappa shape index (κ1) is 19.7. The van der Waals surface area contributed by atoms with Gasteiger partial charge in [0.2, 0.25) is 5.95 Å². The summed E-state index contributed by atoms with van der Waals surface area (Å²) in [7, 11) is 0. The summed E-state index contributed by atoms with van der Waals surface area (Å²) in [5.74, 6) is 1.48. The van der Waals surface area contributed by atoms with Gasteiger partial charge in [0.25, 0.3) is 0 Å². The molecule has 6 nitrogen and oxygen atoms in total. The van der Waals surface area contributed by atoms with Crippen molar-refractivity contribution in [2.24, 2.45) is 0 Å². The van der Waals surface area contributed by atoms with Crippen LogP contribution in [0.25, 0.3) is 11.0 Å². The van der Waals surface area contributed by atoms with E-state index in [1.807, 2.05) is 30.5 Å². The molecule has 1 saturated heterocycles. The molecule has 0 radical (unpaired) electrons. The molecule has 29 heavy (non-hydrogen) atoms. The first-order chi connectivity index (χ1) is 14.3. The van der Waals surface area contributed by atoms with Gasteiger partial charge < -0.3 is 14.6 Å². The topological polar surface area (TPSA) is 55.2 Å². The molecule has 0 spiro atoms. The Morgan fingerprint density at radius 2 is 1.97 bits per heavy atom. The zero-order valence-corrected chi connectivity index (χ0v) is 17.5. The molecular formula is C23H31N5O. The van der Waals surface area contributed by atoms with Crippen LogP contribution >= 0.6 is 0 Å². The van der Waals surface area contributed by atoms with E-state index in [9.17, 15) is 0 Å². The molecule has 154 valence electrons. The van der Waals surface area contributed by atoms with E-state index in [0.29, 0.717) is 12.0 Å². The molecule has 0 atom stereocenters. The van der Waals surface area contributed by atoms with Gasteiger partial charge in [-0.3, -0.25) is 4.90 Å². The lowest BCUT2D eigenvalue weighted by Gasteiger charge is -2.16. The lowest BCUT2D eigenvalue weighted by Crippen LogP contribution is -2.25. The van der Waals surface area contributed by atoms with E-state index in [1.165, 1.54) is 25.9 Å². The molecule has 1 aliphatic rings. The molecule has 1 fully saturated rings. The van der Waals surface area contributed by atoms with Crippen molar-refractivity contribution in [1.82, 2.24) is 19.4 Å². The number of aromatic nitrogens is 3. The third kappa shape index (κ3) is 4.70. The summed E-state index contributed by atoms with van der Waals surface area (Å²) in [6.45, 7) is 8.54. The van der Waals surface area contributed by atoms with E-state index >= 15 is 0 Å². The summed E-state index contributed by atoms with van der Waals surface area (Å²) in [4.78, 5) is 11.7. The fraction of sp³-hybridized carbons (Fsp3) is 0.478. The third-order valence-corrected chi connectivity index (χ3v) is 5.76. The number of fused-ring (bicyclic) bond motifs is 1. The summed E-state index contributed by atoms with van der Waals surface area (Å²) >= 11 is 0. The van der Waals surface area contributed by atoms with E-state index in [1.54, 1.807) is 0 Å². The van der Waals surface area contributed by atoms with E-state index < -0.39 is 0 Å². The van der Waals surface area contributed by atoms with Crippen molar-refractivity contribution in [3.63, 3.8) is 0 Å². The van der Waals surface area contributed by atoms with Crippen molar-refractivity contribution in [3.05, 3.63) is 42.7 Å². The Morgan fingerprint density at radius 1 is 1.14 bits per heavy atom. The van der Waals surface area contributed by atoms with Crippen LogP contribution in [0, 0.1) is 0 Å². The fourth-order valence-electron chi connectivity index (χ4n) is 4.07. The Kier molecular flexibility index (Phi) is 6.30. The van der Waals surface area contributed by atoms with E-state index in [4.69, 9.17) is 9.72 Å². The second-order valence-electron chi connectivity index (χ2n) is 7.72. The first-order valence-corrected chi connectivity index (χ1v) is 10.8. The van der Waals surface area contributed by atoms with Gasteiger partial charge in [-0.25, -0.2) is 4.98 Å². The Hall–Kier alpha value is -2.60. The van der Waals surface area contributed by atoms with Crippen LogP contribution in [0.2, 0.25) is 0 Å². The summed E-state index contributed by atoms with van der Waals surface area (Å²) in [6, 6.07) is 10.6. The lowest BCUT2D eigenvalue weighted by atomic mass is 10.2. The van der Waals surface area contributed by atoms with Crippen molar-refractivity contribution in [1.29, 1.82) is 0 Å². The maximum atomic E-state index is 5.96. The van der Waals surface area contributed by atoms with Gasteiger partial charge in [0.1, 0.15) is 18.0 Å². The van der Waals surface area contributed by atoms with Gasteiger partial charge in [-0.1, -0.05) is 19.9 Å². The number of nitrogens with one attached hydrogen (secondary N) is 1. The Bertz CT molecular complexity index is 928. The molecule has 0 bridgehead atoms. The Labute approximate surface area is 172 Å². The van der Waals surface area contributed by atoms with Crippen LogP contribution in [0.1, 0.15) is 45.6 Å². The number of hydrogen-bond donors (Lipinski definition) is 1. The number of anilines is 2. The van der Waals surface area contributed by atoms with Crippen molar-refractivity contribution in [2.75, 3.05) is 31.6 Å². The Morgan fingerprint density at radius 3 is 2.76 bits per heavy atom. The minimum atomic E-state index is 0.461. The van der Waals surface area contributed by atoms with Gasteiger partial charge in [0.05, 0.1) is 0 Å². The van der Waals surface area contributed by atoms with Gasteiger partial charge in [0.15, 0.2) is 0 Å².